The molecule has 0 aliphatic heterocycles. The van der Waals surface area contributed by atoms with Crippen molar-refractivity contribution in [1.29, 1.82) is 0 Å². The summed E-state index contributed by atoms with van der Waals surface area (Å²) in [6.07, 6.45) is 60.2. The Morgan fingerprint density at radius 3 is 1.36 bits per heavy atom. The topological polar surface area (TPSA) is 119 Å². The lowest BCUT2D eigenvalue weighted by Crippen LogP contribution is -2.40. The average Bonchev–Trinajstić information content (AvgIpc) is 3.25. The fraction of sp³-hybridized carbons (Fsp3) is 0.796. The minimum absolute atomic E-state index is 0.00811. The molecule has 354 valence electrons. The van der Waals surface area contributed by atoms with Gasteiger partial charge in [-0.1, -0.05) is 204 Å². The first kappa shape index (κ1) is 58.3. The Labute approximate surface area is 377 Å². The molecular formula is C54H98N2O5. The first-order valence-corrected chi connectivity index (χ1v) is 26.0. The quantitative estimate of drug-likeness (QED) is 0.0319. The molecule has 0 saturated carbocycles. The molecule has 0 heterocycles. The normalized spacial score (nSPS) is 13.0. The van der Waals surface area contributed by atoms with E-state index in [1.54, 1.807) is 0 Å². The van der Waals surface area contributed by atoms with Gasteiger partial charge in [0.2, 0.25) is 5.91 Å². The van der Waals surface area contributed by atoms with E-state index < -0.39 is 12.0 Å². The van der Waals surface area contributed by atoms with Gasteiger partial charge in [-0.3, -0.25) is 9.59 Å². The van der Waals surface area contributed by atoms with Crippen LogP contribution in [0.2, 0.25) is 0 Å². The second-order valence-electron chi connectivity index (χ2n) is 17.6. The zero-order valence-corrected chi connectivity index (χ0v) is 40.0. The second kappa shape index (κ2) is 48.4. The number of ether oxygens (including phenoxy) is 1. The number of nitrogens with one attached hydrogen (secondary N) is 1. The molecule has 0 spiro atoms. The third-order valence-electron chi connectivity index (χ3n) is 11.7. The van der Waals surface area contributed by atoms with Crippen LogP contribution in [0.4, 0.5) is 0 Å². The molecule has 1 amide bonds. The van der Waals surface area contributed by atoms with E-state index in [0.29, 0.717) is 32.2 Å². The van der Waals surface area contributed by atoms with Crippen LogP contribution in [0, 0.1) is 0 Å². The minimum atomic E-state index is -1.00. The van der Waals surface area contributed by atoms with Crippen LogP contribution in [0.5, 0.6) is 0 Å². The van der Waals surface area contributed by atoms with Crippen molar-refractivity contribution in [1.82, 2.24) is 5.32 Å². The molecule has 0 aliphatic carbocycles. The molecule has 0 aromatic heterocycles. The average molecular weight is 855 g/mol. The van der Waals surface area contributed by atoms with E-state index in [0.717, 1.165) is 89.9 Å². The van der Waals surface area contributed by atoms with Crippen LogP contribution in [0.25, 0.3) is 0 Å². The van der Waals surface area contributed by atoms with Crippen molar-refractivity contribution in [3.8, 4) is 0 Å². The van der Waals surface area contributed by atoms with Gasteiger partial charge in [0.1, 0.15) is 12.1 Å². The van der Waals surface area contributed by atoms with Crippen LogP contribution >= 0.6 is 0 Å². The first-order chi connectivity index (χ1) is 29.9. The molecule has 0 bridgehead atoms. The van der Waals surface area contributed by atoms with Crippen LogP contribution in [0.1, 0.15) is 258 Å². The summed E-state index contributed by atoms with van der Waals surface area (Å²) >= 11 is 0. The Balaban J connectivity index is 4.27. The number of rotatable bonds is 47. The van der Waals surface area contributed by atoms with Crippen molar-refractivity contribution in [2.45, 2.75) is 270 Å². The van der Waals surface area contributed by atoms with E-state index in [-0.39, 0.29) is 18.0 Å². The largest absolute Gasteiger partial charge is 0.480 e. The number of carbonyl (C=O) groups excluding carboxylic acids is 2. The van der Waals surface area contributed by atoms with Crippen molar-refractivity contribution in [2.24, 2.45) is 5.73 Å². The number of hydrogen-bond acceptors (Lipinski definition) is 5. The predicted octanol–water partition coefficient (Wildman–Crippen LogP) is 15.5. The zero-order valence-electron chi connectivity index (χ0n) is 40.0. The number of unbranched alkanes of at least 4 members (excludes halogenated alkanes) is 25. The summed E-state index contributed by atoms with van der Waals surface area (Å²) in [5.41, 5.74) is 5.50. The van der Waals surface area contributed by atoms with Crippen molar-refractivity contribution in [2.75, 3.05) is 6.54 Å². The summed E-state index contributed by atoms with van der Waals surface area (Å²) < 4.78 is 6.09. The molecular weight excluding hydrogens is 757 g/mol. The highest BCUT2D eigenvalue weighted by atomic mass is 16.5. The first-order valence-electron chi connectivity index (χ1n) is 26.0. The number of carbonyl (C=O) groups is 3. The predicted molar refractivity (Wildman–Crippen MR) is 262 cm³/mol. The summed E-state index contributed by atoms with van der Waals surface area (Å²) in [6.45, 7) is 4.86. The number of amides is 1. The van der Waals surface area contributed by atoms with E-state index >= 15 is 0 Å². The SMILES string of the molecule is CC/C=C\C/C=C\C/C=C\C/C=C\CCCCCCCCCCC(=O)OC(CCCCCCCCCCCCCCCC)CCCCCCCC(=O)NC(CCCN)C(=O)O. The second-order valence-corrected chi connectivity index (χ2v) is 17.6. The monoisotopic (exact) mass is 855 g/mol. The highest BCUT2D eigenvalue weighted by Crippen LogP contribution is 2.19. The molecule has 7 nitrogen and oxygen atoms in total. The summed E-state index contributed by atoms with van der Waals surface area (Å²) in [6, 6.07) is -0.858. The number of allylic oxidation sites excluding steroid dienone is 8. The Hall–Kier alpha value is -2.67. The zero-order chi connectivity index (χ0) is 44.5. The maximum absolute atomic E-state index is 12.9. The number of esters is 1. The number of carboxylic acid groups (broad SMARTS) is 1. The van der Waals surface area contributed by atoms with Gasteiger partial charge in [-0.15, -0.1) is 0 Å². The Morgan fingerprint density at radius 2 is 0.902 bits per heavy atom. The third kappa shape index (κ3) is 45.2. The third-order valence-corrected chi connectivity index (χ3v) is 11.7. The van der Waals surface area contributed by atoms with Crippen LogP contribution in [0.3, 0.4) is 0 Å². The van der Waals surface area contributed by atoms with Crippen molar-refractivity contribution in [3.63, 3.8) is 0 Å². The summed E-state index contributed by atoms with van der Waals surface area (Å²) in [5, 5.41) is 12.0. The molecule has 2 atom stereocenters. The van der Waals surface area contributed by atoms with Crippen LogP contribution < -0.4 is 11.1 Å². The number of nitrogens with two attached hydrogens (primary N) is 1. The molecule has 0 fully saturated rings. The Morgan fingerprint density at radius 1 is 0.492 bits per heavy atom. The van der Waals surface area contributed by atoms with E-state index in [9.17, 15) is 19.5 Å². The molecule has 0 aromatic carbocycles. The van der Waals surface area contributed by atoms with Crippen molar-refractivity contribution in [3.05, 3.63) is 48.6 Å². The van der Waals surface area contributed by atoms with E-state index in [1.165, 1.54) is 128 Å². The molecule has 0 radical (unpaired) electrons. The fourth-order valence-electron chi connectivity index (χ4n) is 7.80. The summed E-state index contributed by atoms with van der Waals surface area (Å²) in [5.74, 6) is -1.23. The van der Waals surface area contributed by atoms with Gasteiger partial charge in [0, 0.05) is 12.8 Å². The lowest BCUT2D eigenvalue weighted by molar-refractivity contribution is -0.150. The lowest BCUT2D eigenvalue weighted by atomic mass is 10.0. The molecule has 4 N–H and O–H groups in total. The van der Waals surface area contributed by atoms with E-state index in [2.05, 4.69) is 67.8 Å². The number of hydrogen-bond donors (Lipinski definition) is 3. The van der Waals surface area contributed by atoms with Gasteiger partial charge < -0.3 is 20.9 Å². The molecule has 0 aromatic rings. The van der Waals surface area contributed by atoms with Crippen LogP contribution in [-0.4, -0.2) is 41.6 Å². The van der Waals surface area contributed by atoms with Crippen LogP contribution in [0.15, 0.2) is 48.6 Å². The van der Waals surface area contributed by atoms with Gasteiger partial charge in [0.15, 0.2) is 0 Å². The van der Waals surface area contributed by atoms with Gasteiger partial charge in [0.05, 0.1) is 0 Å². The van der Waals surface area contributed by atoms with Gasteiger partial charge >= 0.3 is 11.9 Å². The molecule has 0 aliphatic rings. The van der Waals surface area contributed by atoms with Gasteiger partial charge in [-0.2, -0.15) is 0 Å². The standard InChI is InChI=1S/C54H98N2O5/c1-3-5-7-9-11-13-15-17-19-20-21-22-23-24-25-27-29-31-33-38-42-48-53(58)61-50(44-39-35-32-30-28-26-18-16-14-12-10-8-6-4-2)45-40-36-34-37-41-47-52(57)56-51(54(59)60)46-43-49-55/h5,7,11,13,17,19,21-22,50-51H,3-4,6,8-10,12,14-16,18,20,23-49,55H2,1-2H3,(H,56,57)(H,59,60)/b7-5-,13-11-,19-17-,22-21-. The smallest absolute Gasteiger partial charge is 0.326 e. The van der Waals surface area contributed by atoms with Gasteiger partial charge in [-0.05, 0) is 96.4 Å². The molecule has 7 heteroatoms. The molecule has 0 rings (SSSR count). The minimum Gasteiger partial charge on any atom is -0.480 e. The number of carboxylic acids is 1. The fourth-order valence-corrected chi connectivity index (χ4v) is 7.80. The maximum Gasteiger partial charge on any atom is 0.326 e. The van der Waals surface area contributed by atoms with Gasteiger partial charge in [0.25, 0.3) is 0 Å². The molecule has 2 unspecified atom stereocenters. The van der Waals surface area contributed by atoms with Gasteiger partial charge in [-0.25, -0.2) is 4.79 Å². The van der Waals surface area contributed by atoms with Crippen molar-refractivity contribution >= 4 is 17.8 Å². The van der Waals surface area contributed by atoms with E-state index in [1.807, 2.05) is 0 Å². The van der Waals surface area contributed by atoms with Crippen LogP contribution in [-0.2, 0) is 19.1 Å². The Bertz CT molecular complexity index is 1100. The maximum atomic E-state index is 12.9. The summed E-state index contributed by atoms with van der Waals surface area (Å²) in [7, 11) is 0. The van der Waals surface area contributed by atoms with E-state index in [4.69, 9.17) is 10.5 Å². The van der Waals surface area contributed by atoms with Crippen molar-refractivity contribution < 1.29 is 24.2 Å². The highest BCUT2D eigenvalue weighted by molar-refractivity contribution is 5.83. The highest BCUT2D eigenvalue weighted by Gasteiger charge is 2.19. The molecule has 0 saturated heterocycles. The number of aliphatic carboxylic acids is 1. The lowest BCUT2D eigenvalue weighted by Gasteiger charge is -2.18. The Kier molecular flexibility index (Phi) is 46.2. The summed E-state index contributed by atoms with van der Waals surface area (Å²) in [4.78, 5) is 36.6. The molecule has 61 heavy (non-hydrogen) atoms.